The van der Waals surface area contributed by atoms with Crippen LogP contribution < -0.4 is 11.2 Å². The van der Waals surface area contributed by atoms with Gasteiger partial charge in [0.15, 0.2) is 0 Å². The minimum Gasteiger partial charge on any atom is -0.342 e. The monoisotopic (exact) mass is 388 g/mol. The van der Waals surface area contributed by atoms with Crippen molar-refractivity contribution in [1.29, 1.82) is 0 Å². The Morgan fingerprint density at radius 3 is 2.45 bits per heavy atom. The molecule has 4 rings (SSSR count). The molecule has 2 aromatic carbocycles. The van der Waals surface area contributed by atoms with Crippen LogP contribution in [0.2, 0.25) is 0 Å². The van der Waals surface area contributed by atoms with Gasteiger partial charge in [0, 0.05) is 29.2 Å². The molecule has 0 spiro atoms. The molecule has 0 atom stereocenters. The molecular formula is C21H16N4O4. The number of nitro groups is 1. The molecule has 144 valence electrons. The van der Waals surface area contributed by atoms with E-state index < -0.39 is 21.9 Å². The summed E-state index contributed by atoms with van der Waals surface area (Å²) in [7, 11) is 0. The van der Waals surface area contributed by atoms with Crippen molar-refractivity contribution in [3.63, 3.8) is 0 Å². The van der Waals surface area contributed by atoms with E-state index in [0.29, 0.717) is 6.54 Å². The molecule has 8 nitrogen and oxygen atoms in total. The number of hydrogen-bond donors (Lipinski definition) is 2. The van der Waals surface area contributed by atoms with Crippen molar-refractivity contribution in [2.75, 3.05) is 0 Å². The molecule has 0 unspecified atom stereocenters. The number of rotatable bonds is 5. The first-order valence-corrected chi connectivity index (χ1v) is 8.84. The largest absolute Gasteiger partial charge is 0.357 e. The van der Waals surface area contributed by atoms with Crippen LogP contribution in [0.25, 0.3) is 23.1 Å². The van der Waals surface area contributed by atoms with Gasteiger partial charge in [-0.15, -0.1) is 0 Å². The van der Waals surface area contributed by atoms with Crippen LogP contribution in [-0.2, 0) is 6.54 Å². The number of aromatic amines is 2. The maximum absolute atomic E-state index is 11.8. The third kappa shape index (κ3) is 3.63. The summed E-state index contributed by atoms with van der Waals surface area (Å²) < 4.78 is 2.08. The van der Waals surface area contributed by atoms with Crippen LogP contribution >= 0.6 is 0 Å². The first kappa shape index (κ1) is 18.2. The molecule has 2 heterocycles. The van der Waals surface area contributed by atoms with Gasteiger partial charge < -0.3 is 9.55 Å². The van der Waals surface area contributed by atoms with E-state index in [9.17, 15) is 19.7 Å². The standard InChI is InChI=1S/C21H16N4O4/c26-20-19(25(28)29)17(22-21(27)23-20)11-10-15-13-24(12-14-6-2-1-3-7-14)18-9-5-4-8-16(15)18/h1-11,13H,12H2,(H2,22,23,26,27)/b11-10+. The molecule has 0 bridgehead atoms. The normalized spacial score (nSPS) is 11.3. The van der Waals surface area contributed by atoms with E-state index in [4.69, 9.17) is 0 Å². The summed E-state index contributed by atoms with van der Waals surface area (Å²) in [5.74, 6) is 0. The Hall–Kier alpha value is -4.20. The number of para-hydroxylation sites is 1. The topological polar surface area (TPSA) is 114 Å². The fourth-order valence-electron chi connectivity index (χ4n) is 3.29. The molecule has 4 aromatic rings. The average Bonchev–Trinajstić information content (AvgIpc) is 3.04. The molecule has 0 aliphatic carbocycles. The van der Waals surface area contributed by atoms with Gasteiger partial charge in [0.1, 0.15) is 5.69 Å². The summed E-state index contributed by atoms with van der Waals surface area (Å²) in [4.78, 5) is 37.9. The second-order valence-corrected chi connectivity index (χ2v) is 6.48. The van der Waals surface area contributed by atoms with E-state index in [0.717, 1.165) is 22.0 Å². The number of H-pyrrole nitrogens is 2. The van der Waals surface area contributed by atoms with Gasteiger partial charge in [0.25, 0.3) is 0 Å². The second kappa shape index (κ2) is 7.43. The zero-order valence-electron chi connectivity index (χ0n) is 15.2. The minimum absolute atomic E-state index is 0.149. The summed E-state index contributed by atoms with van der Waals surface area (Å²) in [6, 6.07) is 17.8. The molecule has 29 heavy (non-hydrogen) atoms. The van der Waals surface area contributed by atoms with Gasteiger partial charge in [-0.2, -0.15) is 0 Å². The number of nitrogens with zero attached hydrogens (tertiary/aromatic N) is 2. The second-order valence-electron chi connectivity index (χ2n) is 6.48. The van der Waals surface area contributed by atoms with Crippen molar-refractivity contribution in [1.82, 2.24) is 14.5 Å². The predicted molar refractivity (Wildman–Crippen MR) is 111 cm³/mol. The van der Waals surface area contributed by atoms with Crippen molar-refractivity contribution in [3.05, 3.63) is 109 Å². The first-order valence-electron chi connectivity index (χ1n) is 8.84. The highest BCUT2D eigenvalue weighted by Gasteiger charge is 2.19. The van der Waals surface area contributed by atoms with Gasteiger partial charge in [0.05, 0.1) is 4.92 Å². The number of aromatic nitrogens is 3. The SMILES string of the molecule is O=c1[nH]c(/C=C/c2cn(Cc3ccccc3)c3ccccc23)c([N+](=O)[O-])c(=O)[nH]1. The minimum atomic E-state index is -1.04. The molecular weight excluding hydrogens is 372 g/mol. The maximum atomic E-state index is 11.8. The zero-order valence-corrected chi connectivity index (χ0v) is 15.2. The van der Waals surface area contributed by atoms with Crippen LogP contribution in [0, 0.1) is 10.1 Å². The zero-order chi connectivity index (χ0) is 20.4. The van der Waals surface area contributed by atoms with Gasteiger partial charge in [-0.05, 0) is 17.7 Å². The number of benzene rings is 2. The Balaban J connectivity index is 1.79. The van der Waals surface area contributed by atoms with Gasteiger partial charge in [-0.3, -0.25) is 19.9 Å². The van der Waals surface area contributed by atoms with E-state index in [1.54, 1.807) is 6.08 Å². The molecule has 0 fully saturated rings. The molecule has 8 heteroatoms. The highest BCUT2D eigenvalue weighted by molar-refractivity contribution is 5.92. The van der Waals surface area contributed by atoms with Crippen LogP contribution in [0.1, 0.15) is 16.8 Å². The van der Waals surface area contributed by atoms with Gasteiger partial charge in [-0.1, -0.05) is 54.6 Å². The fourth-order valence-corrected chi connectivity index (χ4v) is 3.29. The van der Waals surface area contributed by atoms with Crippen molar-refractivity contribution >= 4 is 28.7 Å². The maximum Gasteiger partial charge on any atom is 0.357 e. The smallest absolute Gasteiger partial charge is 0.342 e. The fraction of sp³-hybridized carbons (Fsp3) is 0.0476. The van der Waals surface area contributed by atoms with Crippen molar-refractivity contribution in [2.24, 2.45) is 0 Å². The molecule has 2 N–H and O–H groups in total. The molecule has 0 saturated carbocycles. The number of nitrogens with one attached hydrogen (secondary N) is 2. The molecule has 0 amide bonds. The molecule has 2 aromatic heterocycles. The van der Waals surface area contributed by atoms with Crippen molar-refractivity contribution in [3.8, 4) is 0 Å². The van der Waals surface area contributed by atoms with Crippen molar-refractivity contribution < 1.29 is 4.92 Å². The summed E-state index contributed by atoms with van der Waals surface area (Å²) in [5.41, 5.74) is 0.268. The third-order valence-electron chi connectivity index (χ3n) is 4.57. The van der Waals surface area contributed by atoms with E-state index in [-0.39, 0.29) is 5.69 Å². The Kier molecular flexibility index (Phi) is 4.66. The van der Waals surface area contributed by atoms with E-state index in [1.807, 2.05) is 65.8 Å². The lowest BCUT2D eigenvalue weighted by molar-refractivity contribution is -0.386. The highest BCUT2D eigenvalue weighted by Crippen LogP contribution is 2.24. The Morgan fingerprint density at radius 1 is 0.966 bits per heavy atom. The molecule has 0 aliphatic heterocycles. The van der Waals surface area contributed by atoms with Crippen LogP contribution in [0.4, 0.5) is 5.69 Å². The number of hydrogen-bond acceptors (Lipinski definition) is 4. The quantitative estimate of drug-likeness (QED) is 0.404. The summed E-state index contributed by atoms with van der Waals surface area (Å²) >= 11 is 0. The average molecular weight is 388 g/mol. The summed E-state index contributed by atoms with van der Waals surface area (Å²) in [5, 5.41) is 12.2. The molecule has 0 radical (unpaired) electrons. The van der Waals surface area contributed by atoms with Crippen LogP contribution in [0.15, 0.2) is 70.4 Å². The Labute approximate surface area is 163 Å². The van der Waals surface area contributed by atoms with E-state index in [2.05, 4.69) is 9.55 Å². The van der Waals surface area contributed by atoms with Crippen LogP contribution in [0.5, 0.6) is 0 Å². The van der Waals surface area contributed by atoms with Crippen molar-refractivity contribution in [2.45, 2.75) is 6.54 Å². The summed E-state index contributed by atoms with van der Waals surface area (Å²) in [6.45, 7) is 0.664. The lowest BCUT2D eigenvalue weighted by Crippen LogP contribution is -2.25. The Bertz CT molecular complexity index is 1350. The molecule has 0 saturated heterocycles. The first-order chi connectivity index (χ1) is 14.0. The third-order valence-corrected chi connectivity index (χ3v) is 4.57. The van der Waals surface area contributed by atoms with Crippen LogP contribution in [0.3, 0.4) is 0 Å². The van der Waals surface area contributed by atoms with Crippen LogP contribution in [-0.4, -0.2) is 19.5 Å². The van der Waals surface area contributed by atoms with Gasteiger partial charge >= 0.3 is 16.9 Å². The lowest BCUT2D eigenvalue weighted by atomic mass is 10.1. The lowest BCUT2D eigenvalue weighted by Gasteiger charge is -2.05. The van der Waals surface area contributed by atoms with E-state index in [1.165, 1.54) is 6.08 Å². The highest BCUT2D eigenvalue weighted by atomic mass is 16.6. The Morgan fingerprint density at radius 2 is 1.69 bits per heavy atom. The van der Waals surface area contributed by atoms with E-state index >= 15 is 0 Å². The van der Waals surface area contributed by atoms with Gasteiger partial charge in [-0.25, -0.2) is 4.79 Å². The number of fused-ring (bicyclic) bond motifs is 1. The predicted octanol–water partition coefficient (Wildman–Crippen LogP) is 3.14. The summed E-state index contributed by atoms with van der Waals surface area (Å²) in [6.07, 6.45) is 4.97. The molecule has 0 aliphatic rings. The van der Waals surface area contributed by atoms with Gasteiger partial charge in [0.2, 0.25) is 0 Å².